The number of carbonyl (C=O) groups is 1. The Morgan fingerprint density at radius 1 is 0.960 bits per heavy atom. The van der Waals surface area contributed by atoms with Gasteiger partial charge >= 0.3 is 0 Å². The first-order valence-electron chi connectivity index (χ1n) is 7.51. The predicted octanol–water partition coefficient (Wildman–Crippen LogP) is 3.88. The normalized spacial score (nSPS) is 10.5. The Morgan fingerprint density at radius 3 is 2.32 bits per heavy atom. The Morgan fingerprint density at radius 2 is 1.68 bits per heavy atom. The number of amides is 1. The Labute approximate surface area is 142 Å². The minimum atomic E-state index is -1.08. The number of halogens is 2. The smallest absolute Gasteiger partial charge is 0.261 e. The topological polar surface area (TPSA) is 62.0 Å². The number of aromatic nitrogens is 1. The van der Waals surface area contributed by atoms with E-state index >= 15 is 0 Å². The van der Waals surface area contributed by atoms with Crippen LogP contribution in [0.25, 0.3) is 11.3 Å². The van der Waals surface area contributed by atoms with Crippen molar-refractivity contribution in [2.75, 3.05) is 5.32 Å². The lowest BCUT2D eigenvalue weighted by Crippen LogP contribution is -2.23. The molecule has 2 N–H and O–H groups in total. The fraction of sp³-hybridized carbons (Fsp3) is 0.0526. The van der Waals surface area contributed by atoms with Crippen molar-refractivity contribution in [2.24, 2.45) is 0 Å². The van der Waals surface area contributed by atoms with E-state index in [0.717, 1.165) is 23.3 Å². The molecule has 126 valence electrons. The van der Waals surface area contributed by atoms with Crippen LogP contribution in [0.15, 0.2) is 59.4 Å². The van der Waals surface area contributed by atoms with E-state index in [0.29, 0.717) is 5.69 Å². The van der Waals surface area contributed by atoms with Gasteiger partial charge in [-0.3, -0.25) is 9.59 Å². The molecule has 4 nitrogen and oxygen atoms in total. The van der Waals surface area contributed by atoms with Gasteiger partial charge in [0.1, 0.15) is 5.56 Å². The molecule has 1 heterocycles. The molecule has 0 radical (unpaired) electrons. The molecule has 3 rings (SSSR count). The largest absolute Gasteiger partial charge is 0.322 e. The Balaban J connectivity index is 1.85. The zero-order valence-corrected chi connectivity index (χ0v) is 13.3. The maximum Gasteiger partial charge on any atom is 0.261 e. The highest BCUT2D eigenvalue weighted by atomic mass is 19.2. The molecule has 0 saturated carbocycles. The lowest BCUT2D eigenvalue weighted by Gasteiger charge is -2.07. The van der Waals surface area contributed by atoms with Gasteiger partial charge in [0.25, 0.3) is 11.5 Å². The summed E-state index contributed by atoms with van der Waals surface area (Å²) in [5.41, 5.74) is 1.85. The standard InChI is InChI=1S/C19H14F2N2O2/c1-11-2-4-12(5-3-11)17-9-7-14(19(25)23-17)18(24)22-13-6-8-15(20)16(21)10-13/h2-10H,1H3,(H,22,24)(H,23,25). The third kappa shape index (κ3) is 3.63. The van der Waals surface area contributed by atoms with Crippen LogP contribution in [0.3, 0.4) is 0 Å². The summed E-state index contributed by atoms with van der Waals surface area (Å²) in [6.45, 7) is 1.96. The van der Waals surface area contributed by atoms with Gasteiger partial charge in [0.15, 0.2) is 11.6 Å². The summed E-state index contributed by atoms with van der Waals surface area (Å²) in [6, 6.07) is 13.5. The van der Waals surface area contributed by atoms with Crippen molar-refractivity contribution < 1.29 is 13.6 Å². The van der Waals surface area contributed by atoms with Crippen molar-refractivity contribution in [1.82, 2.24) is 4.98 Å². The lowest BCUT2D eigenvalue weighted by atomic mass is 10.1. The highest BCUT2D eigenvalue weighted by Gasteiger charge is 2.13. The number of hydrogen-bond donors (Lipinski definition) is 2. The lowest BCUT2D eigenvalue weighted by molar-refractivity contribution is 0.102. The number of aryl methyl sites for hydroxylation is 1. The minimum Gasteiger partial charge on any atom is -0.322 e. The summed E-state index contributed by atoms with van der Waals surface area (Å²) in [4.78, 5) is 27.0. The van der Waals surface area contributed by atoms with Gasteiger partial charge in [-0.1, -0.05) is 29.8 Å². The van der Waals surface area contributed by atoms with Crippen LogP contribution < -0.4 is 10.9 Å². The van der Waals surface area contributed by atoms with E-state index < -0.39 is 23.1 Å². The van der Waals surface area contributed by atoms with E-state index in [4.69, 9.17) is 0 Å². The second-order valence-corrected chi connectivity index (χ2v) is 5.56. The maximum absolute atomic E-state index is 13.2. The van der Waals surface area contributed by atoms with Crippen LogP contribution in [0, 0.1) is 18.6 Å². The Kier molecular flexibility index (Phi) is 4.43. The molecule has 0 atom stereocenters. The highest BCUT2D eigenvalue weighted by molar-refractivity contribution is 6.04. The minimum absolute atomic E-state index is 0.0610. The number of anilines is 1. The average Bonchev–Trinajstić information content (AvgIpc) is 2.58. The van der Waals surface area contributed by atoms with Crippen molar-refractivity contribution in [3.8, 4) is 11.3 Å². The molecular weight excluding hydrogens is 326 g/mol. The fourth-order valence-electron chi connectivity index (χ4n) is 2.33. The van der Waals surface area contributed by atoms with E-state index in [2.05, 4.69) is 10.3 Å². The molecule has 25 heavy (non-hydrogen) atoms. The molecule has 6 heteroatoms. The number of aromatic amines is 1. The van der Waals surface area contributed by atoms with Crippen LogP contribution in [0.1, 0.15) is 15.9 Å². The van der Waals surface area contributed by atoms with E-state index in [1.807, 2.05) is 31.2 Å². The number of benzene rings is 2. The van der Waals surface area contributed by atoms with Crippen molar-refractivity contribution in [2.45, 2.75) is 6.92 Å². The van der Waals surface area contributed by atoms with Crippen molar-refractivity contribution in [1.29, 1.82) is 0 Å². The van der Waals surface area contributed by atoms with Gasteiger partial charge in [0.05, 0.1) is 0 Å². The molecule has 0 aliphatic carbocycles. The Bertz CT molecular complexity index is 995. The molecule has 0 saturated heterocycles. The number of rotatable bonds is 3. The third-order valence-corrected chi connectivity index (χ3v) is 3.69. The molecular formula is C19H14F2N2O2. The molecule has 0 bridgehead atoms. The van der Waals surface area contributed by atoms with Crippen molar-refractivity contribution in [3.05, 3.63) is 87.7 Å². The third-order valence-electron chi connectivity index (χ3n) is 3.69. The zero-order chi connectivity index (χ0) is 18.0. The van der Waals surface area contributed by atoms with E-state index in [1.54, 1.807) is 6.07 Å². The maximum atomic E-state index is 13.2. The van der Waals surface area contributed by atoms with Crippen LogP contribution in [-0.4, -0.2) is 10.9 Å². The van der Waals surface area contributed by atoms with Gasteiger partial charge in [0, 0.05) is 17.4 Å². The van der Waals surface area contributed by atoms with Crippen molar-refractivity contribution in [3.63, 3.8) is 0 Å². The first-order valence-corrected chi connectivity index (χ1v) is 7.51. The summed E-state index contributed by atoms with van der Waals surface area (Å²) in [5.74, 6) is -2.80. The summed E-state index contributed by atoms with van der Waals surface area (Å²) in [6.07, 6.45) is 0. The molecule has 0 aliphatic rings. The van der Waals surface area contributed by atoms with Gasteiger partial charge in [-0.25, -0.2) is 8.78 Å². The summed E-state index contributed by atoms with van der Waals surface area (Å²) < 4.78 is 26.1. The van der Waals surface area contributed by atoms with Gasteiger partial charge < -0.3 is 10.3 Å². The number of hydrogen-bond acceptors (Lipinski definition) is 2. The fourth-order valence-corrected chi connectivity index (χ4v) is 2.33. The number of carbonyl (C=O) groups excluding carboxylic acids is 1. The van der Waals surface area contributed by atoms with Gasteiger partial charge in [-0.2, -0.15) is 0 Å². The average molecular weight is 340 g/mol. The molecule has 0 spiro atoms. The Hall–Kier alpha value is -3.28. The SMILES string of the molecule is Cc1ccc(-c2ccc(C(=O)Nc3ccc(F)c(F)c3)c(=O)[nH]2)cc1. The van der Waals surface area contributed by atoms with Crippen LogP contribution in [-0.2, 0) is 0 Å². The number of pyridine rings is 1. The number of nitrogens with one attached hydrogen (secondary N) is 2. The second kappa shape index (κ2) is 6.68. The quantitative estimate of drug-likeness (QED) is 0.760. The first-order chi connectivity index (χ1) is 11.9. The predicted molar refractivity (Wildman–Crippen MR) is 91.5 cm³/mol. The van der Waals surface area contributed by atoms with Crippen LogP contribution in [0.5, 0.6) is 0 Å². The summed E-state index contributed by atoms with van der Waals surface area (Å²) >= 11 is 0. The van der Waals surface area contributed by atoms with Gasteiger partial charge in [-0.15, -0.1) is 0 Å². The first kappa shape index (κ1) is 16.6. The molecule has 3 aromatic rings. The van der Waals surface area contributed by atoms with Crippen LogP contribution in [0.4, 0.5) is 14.5 Å². The number of H-pyrrole nitrogens is 1. The van der Waals surface area contributed by atoms with Crippen LogP contribution in [0.2, 0.25) is 0 Å². The molecule has 0 fully saturated rings. The molecule has 2 aromatic carbocycles. The summed E-state index contributed by atoms with van der Waals surface area (Å²) in [7, 11) is 0. The zero-order valence-electron chi connectivity index (χ0n) is 13.3. The highest BCUT2D eigenvalue weighted by Crippen LogP contribution is 2.17. The van der Waals surface area contributed by atoms with E-state index in [9.17, 15) is 18.4 Å². The molecule has 1 aromatic heterocycles. The molecule has 0 aliphatic heterocycles. The van der Waals surface area contributed by atoms with Crippen LogP contribution >= 0.6 is 0 Å². The second-order valence-electron chi connectivity index (χ2n) is 5.56. The summed E-state index contributed by atoms with van der Waals surface area (Å²) in [5, 5.41) is 2.37. The van der Waals surface area contributed by atoms with E-state index in [-0.39, 0.29) is 11.3 Å². The van der Waals surface area contributed by atoms with Gasteiger partial charge in [0.2, 0.25) is 0 Å². The van der Waals surface area contributed by atoms with Crippen molar-refractivity contribution >= 4 is 11.6 Å². The van der Waals surface area contributed by atoms with E-state index in [1.165, 1.54) is 12.1 Å². The monoisotopic (exact) mass is 340 g/mol. The molecule has 1 amide bonds. The molecule has 0 unspecified atom stereocenters. The van der Waals surface area contributed by atoms with Gasteiger partial charge in [-0.05, 0) is 36.8 Å².